The summed E-state index contributed by atoms with van der Waals surface area (Å²) in [6, 6.07) is 6.08. The summed E-state index contributed by atoms with van der Waals surface area (Å²) in [5.41, 5.74) is 3.06. The predicted molar refractivity (Wildman–Crippen MR) is 69.9 cm³/mol. The minimum absolute atomic E-state index is 0.0486. The molecule has 3 N–H and O–H groups in total. The van der Waals surface area contributed by atoms with Gasteiger partial charge < -0.3 is 15.7 Å². The van der Waals surface area contributed by atoms with E-state index in [1.807, 2.05) is 18.2 Å². The molecule has 1 aromatic carbocycles. The second kappa shape index (κ2) is 4.66. The summed E-state index contributed by atoms with van der Waals surface area (Å²) >= 11 is 0. The average Bonchev–Trinajstić information content (AvgIpc) is 2.87. The average molecular weight is 260 g/mol. The molecule has 1 aromatic rings. The first-order valence-corrected chi connectivity index (χ1v) is 6.52. The van der Waals surface area contributed by atoms with E-state index in [1.165, 1.54) is 0 Å². The van der Waals surface area contributed by atoms with Gasteiger partial charge in [-0.3, -0.25) is 9.59 Å². The van der Waals surface area contributed by atoms with Crippen molar-refractivity contribution in [3.63, 3.8) is 0 Å². The van der Waals surface area contributed by atoms with Crippen molar-refractivity contribution in [2.24, 2.45) is 5.92 Å². The number of carbonyl (C=O) groups is 2. The lowest BCUT2D eigenvalue weighted by atomic mass is 9.95. The highest BCUT2D eigenvalue weighted by Crippen LogP contribution is 2.31. The molecule has 1 fully saturated rings. The molecule has 0 spiro atoms. The molecular formula is C14H16N2O3. The van der Waals surface area contributed by atoms with Crippen LogP contribution < -0.4 is 10.6 Å². The molecule has 2 aliphatic heterocycles. The summed E-state index contributed by atoms with van der Waals surface area (Å²) in [4.78, 5) is 22.4. The van der Waals surface area contributed by atoms with Crippen molar-refractivity contribution in [1.29, 1.82) is 0 Å². The van der Waals surface area contributed by atoms with Crippen LogP contribution in [-0.4, -0.2) is 23.5 Å². The van der Waals surface area contributed by atoms with Gasteiger partial charge in [-0.1, -0.05) is 12.1 Å². The molecule has 100 valence electrons. The molecule has 0 radical (unpaired) electrons. The largest absolute Gasteiger partial charge is 0.481 e. The third kappa shape index (κ3) is 2.33. The van der Waals surface area contributed by atoms with Crippen molar-refractivity contribution < 1.29 is 14.7 Å². The van der Waals surface area contributed by atoms with Gasteiger partial charge in [-0.15, -0.1) is 0 Å². The smallest absolute Gasteiger partial charge is 0.307 e. The molecular weight excluding hydrogens is 244 g/mol. The van der Waals surface area contributed by atoms with Gasteiger partial charge in [-0.05, 0) is 30.0 Å². The molecule has 5 nitrogen and oxygen atoms in total. The molecule has 19 heavy (non-hydrogen) atoms. The monoisotopic (exact) mass is 260 g/mol. The summed E-state index contributed by atoms with van der Waals surface area (Å²) in [5.74, 6) is -1.02. The van der Waals surface area contributed by atoms with Gasteiger partial charge in [0.15, 0.2) is 0 Å². The van der Waals surface area contributed by atoms with Crippen LogP contribution >= 0.6 is 0 Å². The highest BCUT2D eigenvalue weighted by molar-refractivity contribution is 5.94. The standard InChI is InChI=1S/C14H16N2O3/c17-13-4-3-8-1-2-9(5-12(8)16-13)11-6-10(7-15-11)14(18)19/h1-2,5,10-11,15H,3-4,6-7H2,(H,16,17)(H,18,19). The van der Waals surface area contributed by atoms with Crippen LogP contribution in [0.5, 0.6) is 0 Å². The predicted octanol–water partition coefficient (Wildman–Crippen LogP) is 1.31. The first-order chi connectivity index (χ1) is 9.13. The number of carboxylic acid groups (broad SMARTS) is 1. The Hall–Kier alpha value is -1.88. The fraction of sp³-hybridized carbons (Fsp3) is 0.429. The van der Waals surface area contributed by atoms with Crippen LogP contribution in [-0.2, 0) is 16.0 Å². The van der Waals surface area contributed by atoms with Crippen LogP contribution in [0.2, 0.25) is 0 Å². The second-order valence-corrected chi connectivity index (χ2v) is 5.20. The third-order valence-electron chi connectivity index (χ3n) is 3.91. The summed E-state index contributed by atoms with van der Waals surface area (Å²) in [6.45, 7) is 0.503. The molecule has 3 rings (SSSR count). The van der Waals surface area contributed by atoms with Gasteiger partial charge in [0.1, 0.15) is 0 Å². The van der Waals surface area contributed by atoms with Crippen molar-refractivity contribution in [1.82, 2.24) is 5.32 Å². The van der Waals surface area contributed by atoms with Gasteiger partial charge in [-0.2, -0.15) is 0 Å². The Kier molecular flexibility index (Phi) is 2.98. The van der Waals surface area contributed by atoms with Gasteiger partial charge in [0.2, 0.25) is 5.91 Å². The maximum atomic E-state index is 11.4. The topological polar surface area (TPSA) is 78.4 Å². The van der Waals surface area contributed by atoms with Crippen LogP contribution in [0.3, 0.4) is 0 Å². The lowest BCUT2D eigenvalue weighted by Crippen LogP contribution is -2.20. The maximum absolute atomic E-state index is 11.4. The third-order valence-corrected chi connectivity index (χ3v) is 3.91. The fourth-order valence-electron chi connectivity index (χ4n) is 2.78. The Bertz CT molecular complexity index is 541. The number of aliphatic carboxylic acids is 1. The van der Waals surface area contributed by atoms with E-state index in [0.717, 1.165) is 23.2 Å². The summed E-state index contributed by atoms with van der Waals surface area (Å²) in [6.07, 6.45) is 1.91. The highest BCUT2D eigenvalue weighted by atomic mass is 16.4. The molecule has 1 amide bonds. The van der Waals surface area contributed by atoms with Gasteiger partial charge in [0, 0.05) is 24.7 Å². The maximum Gasteiger partial charge on any atom is 0.307 e. The van der Waals surface area contributed by atoms with Crippen molar-refractivity contribution in [3.05, 3.63) is 29.3 Å². The van der Waals surface area contributed by atoms with Crippen LogP contribution in [0, 0.1) is 5.92 Å². The molecule has 0 saturated carbocycles. The molecule has 0 aromatic heterocycles. The van der Waals surface area contributed by atoms with Crippen molar-refractivity contribution >= 4 is 17.6 Å². The minimum Gasteiger partial charge on any atom is -0.481 e. The first-order valence-electron chi connectivity index (χ1n) is 6.52. The SMILES string of the molecule is O=C1CCc2ccc(C3CC(C(=O)O)CN3)cc2N1. The van der Waals surface area contributed by atoms with Crippen molar-refractivity contribution in [2.45, 2.75) is 25.3 Å². The number of fused-ring (bicyclic) bond motifs is 1. The zero-order valence-electron chi connectivity index (χ0n) is 10.5. The van der Waals surface area contributed by atoms with E-state index in [1.54, 1.807) is 0 Å². The van der Waals surface area contributed by atoms with Crippen molar-refractivity contribution in [3.8, 4) is 0 Å². The number of benzene rings is 1. The molecule has 2 aliphatic rings. The zero-order valence-corrected chi connectivity index (χ0v) is 10.5. The Labute approximate surface area is 111 Å². The number of carbonyl (C=O) groups excluding carboxylic acids is 1. The number of carboxylic acids is 1. The van der Waals surface area contributed by atoms with Crippen LogP contribution in [0.15, 0.2) is 18.2 Å². The minimum atomic E-state index is -0.749. The number of amides is 1. The Balaban J connectivity index is 1.81. The number of aryl methyl sites for hydroxylation is 1. The van der Waals surface area contributed by atoms with Crippen molar-refractivity contribution in [2.75, 3.05) is 11.9 Å². The van der Waals surface area contributed by atoms with Crippen LogP contribution in [0.25, 0.3) is 0 Å². The van der Waals surface area contributed by atoms with Gasteiger partial charge in [0.25, 0.3) is 0 Å². The van der Waals surface area contributed by atoms with E-state index in [9.17, 15) is 9.59 Å². The molecule has 0 bridgehead atoms. The fourth-order valence-corrected chi connectivity index (χ4v) is 2.78. The molecule has 2 heterocycles. The van der Waals surface area contributed by atoms with E-state index in [4.69, 9.17) is 5.11 Å². The summed E-state index contributed by atoms with van der Waals surface area (Å²) in [5, 5.41) is 15.1. The summed E-state index contributed by atoms with van der Waals surface area (Å²) < 4.78 is 0. The lowest BCUT2D eigenvalue weighted by Gasteiger charge is -2.19. The molecule has 2 unspecified atom stereocenters. The van der Waals surface area contributed by atoms with Crippen LogP contribution in [0.1, 0.15) is 30.0 Å². The Morgan fingerprint density at radius 2 is 2.16 bits per heavy atom. The van der Waals surface area contributed by atoms with E-state index < -0.39 is 5.97 Å². The first kappa shape index (κ1) is 12.2. The molecule has 0 aliphatic carbocycles. The Morgan fingerprint density at radius 3 is 2.89 bits per heavy atom. The zero-order chi connectivity index (χ0) is 13.4. The number of nitrogens with one attached hydrogen (secondary N) is 2. The number of anilines is 1. The highest BCUT2D eigenvalue weighted by Gasteiger charge is 2.30. The molecule has 2 atom stereocenters. The van der Waals surface area contributed by atoms with E-state index in [-0.39, 0.29) is 17.9 Å². The Morgan fingerprint density at radius 1 is 1.32 bits per heavy atom. The van der Waals surface area contributed by atoms with Gasteiger partial charge in [0.05, 0.1) is 5.92 Å². The van der Waals surface area contributed by atoms with Gasteiger partial charge >= 0.3 is 5.97 Å². The van der Waals surface area contributed by atoms with Crippen LogP contribution in [0.4, 0.5) is 5.69 Å². The molecule has 5 heteroatoms. The number of hydrogen-bond acceptors (Lipinski definition) is 3. The van der Waals surface area contributed by atoms with E-state index >= 15 is 0 Å². The quantitative estimate of drug-likeness (QED) is 0.749. The van der Waals surface area contributed by atoms with E-state index in [2.05, 4.69) is 10.6 Å². The summed E-state index contributed by atoms with van der Waals surface area (Å²) in [7, 11) is 0. The number of rotatable bonds is 2. The number of hydrogen-bond donors (Lipinski definition) is 3. The lowest BCUT2D eigenvalue weighted by molar-refractivity contribution is -0.141. The normalized spacial score (nSPS) is 25.8. The molecule has 1 saturated heterocycles. The van der Waals surface area contributed by atoms with E-state index in [0.29, 0.717) is 19.4 Å². The second-order valence-electron chi connectivity index (χ2n) is 5.20. The van der Waals surface area contributed by atoms with Gasteiger partial charge in [-0.25, -0.2) is 0 Å².